The first kappa shape index (κ1) is 31.1. The van der Waals surface area contributed by atoms with E-state index in [9.17, 15) is 19.5 Å². The van der Waals surface area contributed by atoms with Crippen LogP contribution in [0.15, 0.2) is 22.7 Å². The first-order valence-corrected chi connectivity index (χ1v) is 14.8. The summed E-state index contributed by atoms with van der Waals surface area (Å²) in [7, 11) is 1.67. The third-order valence-electron chi connectivity index (χ3n) is 8.18. The van der Waals surface area contributed by atoms with E-state index in [1.165, 1.54) is 11.3 Å². The highest BCUT2D eigenvalue weighted by Crippen LogP contribution is 2.29. The lowest BCUT2D eigenvalue weighted by molar-refractivity contribution is -0.134. The standard InChI is InChI=1S/C30H44N6O6/c1-18-15-36(19(2)17-37)27(38)14-22-13-24(32-29(39)31-23-9-7-6-8-10-23)11-12-25(22)41-26(18)16-35(5)30(40)33-28-20(3)34-42-21(28)4/h11-13,18-19,23,26,37H,6-10,14-17H2,1-5H3,(H,33,40)(H2,31,32,39)/t18-,19-,26+/m0/s1. The number of anilines is 2. The summed E-state index contributed by atoms with van der Waals surface area (Å²) in [6, 6.07) is 4.42. The van der Waals surface area contributed by atoms with Crippen LogP contribution in [-0.4, -0.2) is 83.0 Å². The van der Waals surface area contributed by atoms with Crippen molar-refractivity contribution in [1.29, 1.82) is 0 Å². The Morgan fingerprint density at radius 2 is 1.93 bits per heavy atom. The summed E-state index contributed by atoms with van der Waals surface area (Å²) in [4.78, 5) is 42.4. The first-order chi connectivity index (χ1) is 20.0. The van der Waals surface area contributed by atoms with E-state index in [0.29, 0.717) is 40.7 Å². The highest BCUT2D eigenvalue weighted by molar-refractivity contribution is 5.91. The zero-order valence-electron chi connectivity index (χ0n) is 25.2. The minimum atomic E-state index is -0.475. The fraction of sp³-hybridized carbons (Fsp3) is 0.600. The van der Waals surface area contributed by atoms with E-state index in [1.807, 2.05) is 6.92 Å². The lowest BCUT2D eigenvalue weighted by atomic mass is 9.96. The topological polar surface area (TPSA) is 149 Å². The number of urea groups is 2. The molecule has 1 aliphatic carbocycles. The average Bonchev–Trinajstić information content (AvgIpc) is 3.29. The Morgan fingerprint density at radius 3 is 2.60 bits per heavy atom. The van der Waals surface area contributed by atoms with Crippen LogP contribution in [0.4, 0.5) is 21.0 Å². The molecule has 1 fully saturated rings. The molecule has 4 rings (SSSR count). The molecule has 0 saturated heterocycles. The molecule has 5 amide bonds. The van der Waals surface area contributed by atoms with Crippen LogP contribution >= 0.6 is 0 Å². The predicted octanol–water partition coefficient (Wildman–Crippen LogP) is 4.06. The van der Waals surface area contributed by atoms with Crippen LogP contribution < -0.4 is 20.7 Å². The van der Waals surface area contributed by atoms with Gasteiger partial charge in [-0.05, 0) is 51.8 Å². The molecular formula is C30H44N6O6. The maximum atomic E-state index is 13.5. The van der Waals surface area contributed by atoms with E-state index >= 15 is 0 Å². The molecule has 0 bridgehead atoms. The fourth-order valence-corrected chi connectivity index (χ4v) is 5.54. The molecule has 42 heavy (non-hydrogen) atoms. The van der Waals surface area contributed by atoms with E-state index in [2.05, 4.69) is 21.1 Å². The van der Waals surface area contributed by atoms with Crippen molar-refractivity contribution >= 4 is 29.3 Å². The van der Waals surface area contributed by atoms with Crippen LogP contribution in [-0.2, 0) is 11.2 Å². The molecule has 1 aromatic carbocycles. The molecule has 12 nitrogen and oxygen atoms in total. The lowest BCUT2D eigenvalue weighted by Gasteiger charge is -2.34. The molecule has 2 heterocycles. The highest BCUT2D eigenvalue weighted by Gasteiger charge is 2.32. The van der Waals surface area contributed by atoms with Gasteiger partial charge in [0.15, 0.2) is 5.76 Å². The molecule has 0 unspecified atom stereocenters. The number of aromatic nitrogens is 1. The van der Waals surface area contributed by atoms with Gasteiger partial charge in [0.1, 0.15) is 23.2 Å². The van der Waals surface area contributed by atoms with Crippen molar-refractivity contribution in [2.24, 2.45) is 5.92 Å². The molecule has 2 aromatic rings. The number of carbonyl (C=O) groups is 3. The minimum absolute atomic E-state index is 0.0429. The Morgan fingerprint density at radius 1 is 1.19 bits per heavy atom. The number of hydrogen-bond donors (Lipinski definition) is 4. The number of aliphatic hydroxyl groups is 1. The van der Waals surface area contributed by atoms with Crippen LogP contribution in [0, 0.1) is 19.8 Å². The molecule has 230 valence electrons. The van der Waals surface area contributed by atoms with Gasteiger partial charge in [0, 0.05) is 36.8 Å². The third-order valence-corrected chi connectivity index (χ3v) is 8.18. The highest BCUT2D eigenvalue weighted by atomic mass is 16.5. The Hall–Kier alpha value is -3.80. The fourth-order valence-electron chi connectivity index (χ4n) is 5.54. The summed E-state index contributed by atoms with van der Waals surface area (Å²) in [6.07, 6.45) is 4.95. The van der Waals surface area contributed by atoms with Gasteiger partial charge in [-0.25, -0.2) is 9.59 Å². The summed E-state index contributed by atoms with van der Waals surface area (Å²) in [5, 5.41) is 22.6. The van der Waals surface area contributed by atoms with Crippen LogP contribution in [0.1, 0.15) is 63.0 Å². The summed E-state index contributed by atoms with van der Waals surface area (Å²) >= 11 is 0. The smallest absolute Gasteiger partial charge is 0.321 e. The Bertz CT molecular complexity index is 1240. The van der Waals surface area contributed by atoms with E-state index < -0.39 is 12.1 Å². The third kappa shape index (κ3) is 7.72. The van der Waals surface area contributed by atoms with E-state index in [0.717, 1.165) is 25.7 Å². The van der Waals surface area contributed by atoms with Gasteiger partial charge in [-0.1, -0.05) is 31.3 Å². The Kier molecular flexibility index (Phi) is 10.3. The number of likely N-dealkylation sites (N-methyl/N-ethyl adjacent to an activating group) is 1. The molecule has 0 spiro atoms. The van der Waals surface area contributed by atoms with Gasteiger partial charge in [0.25, 0.3) is 0 Å². The summed E-state index contributed by atoms with van der Waals surface area (Å²) in [5.74, 6) is 0.695. The van der Waals surface area contributed by atoms with Crippen molar-refractivity contribution in [3.05, 3.63) is 35.2 Å². The van der Waals surface area contributed by atoms with Gasteiger partial charge in [-0.2, -0.15) is 0 Å². The molecule has 1 aromatic heterocycles. The number of ether oxygens (including phenoxy) is 1. The zero-order valence-corrected chi connectivity index (χ0v) is 25.2. The number of benzene rings is 1. The first-order valence-electron chi connectivity index (χ1n) is 14.8. The van der Waals surface area contributed by atoms with Crippen molar-refractivity contribution < 1.29 is 28.8 Å². The molecule has 4 N–H and O–H groups in total. The van der Waals surface area contributed by atoms with Crippen molar-refractivity contribution in [2.45, 2.75) is 84.4 Å². The number of amides is 5. The second kappa shape index (κ2) is 13.9. The zero-order chi connectivity index (χ0) is 30.4. The monoisotopic (exact) mass is 584 g/mol. The number of aliphatic hydroxyl groups excluding tert-OH is 1. The lowest BCUT2D eigenvalue weighted by Crippen LogP contribution is -2.48. The summed E-state index contributed by atoms with van der Waals surface area (Å²) in [5.41, 5.74) is 2.29. The van der Waals surface area contributed by atoms with Crippen molar-refractivity contribution in [1.82, 2.24) is 20.3 Å². The van der Waals surface area contributed by atoms with Crippen molar-refractivity contribution in [3.8, 4) is 5.75 Å². The number of carbonyl (C=O) groups excluding carboxylic acids is 3. The van der Waals surface area contributed by atoms with Crippen LogP contribution in [0.5, 0.6) is 5.75 Å². The molecule has 12 heteroatoms. The predicted molar refractivity (Wildman–Crippen MR) is 159 cm³/mol. The second-order valence-corrected chi connectivity index (χ2v) is 11.7. The molecule has 3 atom stereocenters. The number of fused-ring (bicyclic) bond motifs is 1. The molecule has 1 saturated carbocycles. The minimum Gasteiger partial charge on any atom is -0.488 e. The van der Waals surface area contributed by atoms with Gasteiger partial charge in [-0.3, -0.25) is 4.79 Å². The van der Waals surface area contributed by atoms with Gasteiger partial charge < -0.3 is 40.1 Å². The Labute approximate surface area is 247 Å². The molecule has 2 aliphatic rings. The second-order valence-electron chi connectivity index (χ2n) is 11.7. The normalized spacial score (nSPS) is 20.3. The maximum absolute atomic E-state index is 13.5. The van der Waals surface area contributed by atoms with Crippen LogP contribution in [0.25, 0.3) is 0 Å². The summed E-state index contributed by atoms with van der Waals surface area (Å²) < 4.78 is 11.7. The molecular weight excluding hydrogens is 540 g/mol. The SMILES string of the molecule is Cc1noc(C)c1NC(=O)N(C)C[C@H]1Oc2ccc(NC(=O)NC3CCCCC3)cc2CC(=O)N([C@@H](C)CO)C[C@@H]1C. The summed E-state index contributed by atoms with van der Waals surface area (Å²) in [6.45, 7) is 7.64. The van der Waals surface area contributed by atoms with E-state index in [4.69, 9.17) is 9.26 Å². The largest absolute Gasteiger partial charge is 0.488 e. The van der Waals surface area contributed by atoms with Gasteiger partial charge >= 0.3 is 12.1 Å². The van der Waals surface area contributed by atoms with Crippen molar-refractivity contribution in [3.63, 3.8) is 0 Å². The maximum Gasteiger partial charge on any atom is 0.321 e. The Balaban J connectivity index is 1.54. The quantitative estimate of drug-likeness (QED) is 0.383. The number of nitrogens with zero attached hydrogens (tertiary/aromatic N) is 3. The number of hydrogen-bond acceptors (Lipinski definition) is 7. The van der Waals surface area contributed by atoms with Crippen LogP contribution in [0.2, 0.25) is 0 Å². The van der Waals surface area contributed by atoms with Gasteiger partial charge in [0.2, 0.25) is 5.91 Å². The van der Waals surface area contributed by atoms with E-state index in [1.54, 1.807) is 50.9 Å². The van der Waals surface area contributed by atoms with Crippen molar-refractivity contribution in [2.75, 3.05) is 37.4 Å². The average molecular weight is 585 g/mol. The van der Waals surface area contributed by atoms with Crippen LogP contribution in [0.3, 0.4) is 0 Å². The van der Waals surface area contributed by atoms with Gasteiger partial charge in [0.05, 0.1) is 25.6 Å². The van der Waals surface area contributed by atoms with E-state index in [-0.39, 0.29) is 49.5 Å². The number of aryl methyl sites for hydroxylation is 2. The number of nitrogens with one attached hydrogen (secondary N) is 3. The molecule has 0 radical (unpaired) electrons. The van der Waals surface area contributed by atoms with Gasteiger partial charge in [-0.15, -0.1) is 0 Å². The number of rotatable bonds is 7. The molecule has 1 aliphatic heterocycles.